The van der Waals surface area contributed by atoms with Crippen LogP contribution in [0.1, 0.15) is 25.7 Å². The molecule has 0 bridgehead atoms. The lowest BCUT2D eigenvalue weighted by molar-refractivity contribution is 0.352. The minimum absolute atomic E-state index is 0.385. The van der Waals surface area contributed by atoms with E-state index in [1.807, 2.05) is 0 Å². The number of hydrogen-bond acceptors (Lipinski definition) is 1. The fraction of sp³-hybridized carbons (Fsp3) is 1.00. The van der Waals surface area contributed by atoms with E-state index in [0.29, 0.717) is 16.4 Å². The number of alkyl halides is 3. The predicted octanol–water partition coefficient (Wildman–Crippen LogP) is 3.64. The van der Waals surface area contributed by atoms with Crippen molar-refractivity contribution in [3.63, 3.8) is 0 Å². The quantitative estimate of drug-likeness (QED) is 0.350. The standard InChI is InChI=1S/C8H15Cl3OSi/c9-5-3-1-2-4-6-13-12-7-8(10)11/h8H,1-7H2. The van der Waals surface area contributed by atoms with Gasteiger partial charge in [-0.2, -0.15) is 0 Å². The largest absolute Gasteiger partial charge is 0.415 e. The highest BCUT2D eigenvalue weighted by atomic mass is 35.5. The third-order valence-corrected chi connectivity index (χ3v) is 2.92. The molecule has 0 rings (SSSR count). The lowest BCUT2D eigenvalue weighted by atomic mass is 10.2. The molecule has 0 aliphatic carbocycles. The molecule has 0 aromatic heterocycles. The van der Waals surface area contributed by atoms with Gasteiger partial charge in [-0.1, -0.05) is 19.3 Å². The van der Waals surface area contributed by atoms with E-state index < -0.39 is 0 Å². The fourth-order valence-corrected chi connectivity index (χ4v) is 2.19. The van der Waals surface area contributed by atoms with Gasteiger partial charge < -0.3 is 4.43 Å². The van der Waals surface area contributed by atoms with Crippen LogP contribution in [0, 0.1) is 0 Å². The van der Waals surface area contributed by atoms with Crippen molar-refractivity contribution in [1.29, 1.82) is 0 Å². The summed E-state index contributed by atoms with van der Waals surface area (Å²) in [5.74, 6) is 0.777. The lowest BCUT2D eigenvalue weighted by Gasteiger charge is -2.02. The number of halogens is 3. The summed E-state index contributed by atoms with van der Waals surface area (Å²) in [4.78, 5) is -0.385. The molecule has 5 heteroatoms. The minimum Gasteiger partial charge on any atom is -0.415 e. The minimum atomic E-state index is -0.385. The summed E-state index contributed by atoms with van der Waals surface area (Å²) in [5.41, 5.74) is 0. The van der Waals surface area contributed by atoms with E-state index in [4.69, 9.17) is 39.2 Å². The Hall–Kier alpha value is 1.05. The summed E-state index contributed by atoms with van der Waals surface area (Å²) in [6.45, 7) is 0.448. The van der Waals surface area contributed by atoms with Crippen LogP contribution in [-0.4, -0.2) is 27.1 Å². The van der Waals surface area contributed by atoms with Crippen LogP contribution in [0.3, 0.4) is 0 Å². The molecule has 0 spiro atoms. The van der Waals surface area contributed by atoms with Gasteiger partial charge in [-0.3, -0.25) is 0 Å². The Morgan fingerprint density at radius 1 is 1.08 bits per heavy atom. The first-order chi connectivity index (χ1) is 6.27. The summed E-state index contributed by atoms with van der Waals surface area (Å²) in [7, 11) is 0.535. The van der Waals surface area contributed by atoms with Crippen molar-refractivity contribution in [2.45, 2.75) is 36.6 Å². The second kappa shape index (κ2) is 11.1. The first-order valence-corrected chi connectivity index (χ1v) is 6.98. The van der Waals surface area contributed by atoms with Crippen molar-refractivity contribution in [2.75, 3.05) is 12.5 Å². The summed E-state index contributed by atoms with van der Waals surface area (Å²) in [6, 6.07) is 1.11. The highest BCUT2D eigenvalue weighted by Crippen LogP contribution is 2.05. The topological polar surface area (TPSA) is 9.23 Å². The molecule has 13 heavy (non-hydrogen) atoms. The molecule has 0 aliphatic rings. The molecule has 0 atom stereocenters. The van der Waals surface area contributed by atoms with E-state index in [-0.39, 0.29) is 4.84 Å². The van der Waals surface area contributed by atoms with Crippen molar-refractivity contribution in [3.05, 3.63) is 0 Å². The monoisotopic (exact) mass is 260 g/mol. The molecule has 0 saturated carbocycles. The molecule has 0 N–H and O–H groups in total. The zero-order valence-corrected chi connectivity index (χ0v) is 10.8. The van der Waals surface area contributed by atoms with Gasteiger partial charge in [-0.05, 0) is 12.5 Å². The third-order valence-electron chi connectivity index (χ3n) is 1.47. The summed E-state index contributed by atoms with van der Waals surface area (Å²) < 4.78 is 5.24. The molecule has 78 valence electrons. The Morgan fingerprint density at radius 3 is 2.38 bits per heavy atom. The van der Waals surface area contributed by atoms with Gasteiger partial charge >= 0.3 is 0 Å². The predicted molar refractivity (Wildman–Crippen MR) is 61.2 cm³/mol. The summed E-state index contributed by atoms with van der Waals surface area (Å²) in [5, 5.41) is 0. The van der Waals surface area contributed by atoms with Gasteiger partial charge in [-0.15, -0.1) is 34.8 Å². The molecule has 1 nitrogen and oxygen atoms in total. The van der Waals surface area contributed by atoms with Crippen molar-refractivity contribution < 1.29 is 4.43 Å². The van der Waals surface area contributed by atoms with Crippen LogP contribution in [0.4, 0.5) is 0 Å². The van der Waals surface area contributed by atoms with Crippen molar-refractivity contribution in [3.8, 4) is 0 Å². The first kappa shape index (κ1) is 14.0. The van der Waals surface area contributed by atoms with E-state index in [0.717, 1.165) is 18.3 Å². The number of unbranched alkanes of at least 4 members (excludes halogenated alkanes) is 3. The van der Waals surface area contributed by atoms with E-state index in [1.54, 1.807) is 0 Å². The Bertz CT molecular complexity index is 103. The second-order valence-electron chi connectivity index (χ2n) is 2.70. The normalized spacial score (nSPS) is 11.1. The van der Waals surface area contributed by atoms with Crippen molar-refractivity contribution in [1.82, 2.24) is 0 Å². The van der Waals surface area contributed by atoms with E-state index in [9.17, 15) is 0 Å². The SMILES string of the molecule is ClCCCCCC[Si]OCC(Cl)Cl. The molecule has 0 aromatic carbocycles. The van der Waals surface area contributed by atoms with Gasteiger partial charge in [0, 0.05) is 5.88 Å². The maximum absolute atomic E-state index is 5.55. The fourth-order valence-electron chi connectivity index (χ4n) is 0.839. The Labute approximate surface area is 98.0 Å². The van der Waals surface area contributed by atoms with Crippen LogP contribution in [0.15, 0.2) is 0 Å². The second-order valence-corrected chi connectivity index (χ2v) is 5.43. The van der Waals surface area contributed by atoms with Gasteiger partial charge in [0.2, 0.25) is 9.76 Å². The van der Waals surface area contributed by atoms with E-state index >= 15 is 0 Å². The van der Waals surface area contributed by atoms with Gasteiger partial charge in [0.25, 0.3) is 0 Å². The molecule has 0 unspecified atom stereocenters. The molecule has 0 fully saturated rings. The van der Waals surface area contributed by atoms with Crippen LogP contribution in [0.2, 0.25) is 6.04 Å². The van der Waals surface area contributed by atoms with Crippen molar-refractivity contribution >= 4 is 44.6 Å². The smallest absolute Gasteiger partial charge is 0.229 e. The number of hydrogen-bond donors (Lipinski definition) is 0. The molecule has 2 radical (unpaired) electrons. The average Bonchev–Trinajstić information content (AvgIpc) is 2.09. The van der Waals surface area contributed by atoms with Crippen LogP contribution < -0.4 is 0 Å². The van der Waals surface area contributed by atoms with Gasteiger partial charge in [0.15, 0.2) is 0 Å². The van der Waals surface area contributed by atoms with E-state index in [1.165, 1.54) is 19.3 Å². The zero-order valence-electron chi connectivity index (χ0n) is 7.57. The van der Waals surface area contributed by atoms with Crippen LogP contribution >= 0.6 is 34.8 Å². The Kier molecular flexibility index (Phi) is 12.0. The molecule has 0 heterocycles. The molecule has 0 amide bonds. The first-order valence-electron chi connectivity index (χ1n) is 4.46. The Balaban J connectivity index is 2.84. The van der Waals surface area contributed by atoms with Gasteiger partial charge in [0.1, 0.15) is 4.84 Å². The maximum Gasteiger partial charge on any atom is 0.229 e. The maximum atomic E-state index is 5.55. The highest BCUT2D eigenvalue weighted by Gasteiger charge is 1.98. The number of rotatable bonds is 9. The van der Waals surface area contributed by atoms with Crippen LogP contribution in [0.5, 0.6) is 0 Å². The Morgan fingerprint density at radius 2 is 1.77 bits per heavy atom. The van der Waals surface area contributed by atoms with E-state index in [2.05, 4.69) is 0 Å². The third kappa shape index (κ3) is 13.0. The molecular formula is C8H15Cl3OSi. The van der Waals surface area contributed by atoms with Crippen molar-refractivity contribution in [2.24, 2.45) is 0 Å². The zero-order chi connectivity index (χ0) is 9.94. The summed E-state index contributed by atoms with van der Waals surface area (Å²) in [6.07, 6.45) is 4.80. The van der Waals surface area contributed by atoms with Crippen LogP contribution in [-0.2, 0) is 4.43 Å². The molecular weight excluding hydrogens is 247 g/mol. The molecule has 0 saturated heterocycles. The highest BCUT2D eigenvalue weighted by molar-refractivity contribution is 6.44. The van der Waals surface area contributed by atoms with Gasteiger partial charge in [0.05, 0.1) is 6.61 Å². The average molecular weight is 262 g/mol. The summed E-state index contributed by atoms with van der Waals surface area (Å²) >= 11 is 16.5. The molecule has 0 aromatic rings. The molecule has 0 aliphatic heterocycles. The van der Waals surface area contributed by atoms with Gasteiger partial charge in [-0.25, -0.2) is 0 Å². The lowest BCUT2D eigenvalue weighted by Crippen LogP contribution is -2.05. The van der Waals surface area contributed by atoms with Crippen LogP contribution in [0.25, 0.3) is 0 Å².